The number of nitriles is 1. The Morgan fingerprint density at radius 3 is 2.82 bits per heavy atom. The first-order chi connectivity index (χ1) is 5.25. The number of aromatic hydroxyl groups is 1. The van der Waals surface area contributed by atoms with Crippen LogP contribution in [0.3, 0.4) is 0 Å². The highest BCUT2D eigenvalue weighted by Gasteiger charge is 2.06. The summed E-state index contributed by atoms with van der Waals surface area (Å²) in [5, 5.41) is 17.6. The molecule has 6 heteroatoms. The summed E-state index contributed by atoms with van der Waals surface area (Å²) in [7, 11) is 2.48. The van der Waals surface area contributed by atoms with Gasteiger partial charge in [0.2, 0.25) is 5.06 Å². The second kappa shape index (κ2) is 3.67. The van der Waals surface area contributed by atoms with E-state index in [1.807, 2.05) is 0 Å². The zero-order valence-electron chi connectivity index (χ0n) is 5.23. The zero-order chi connectivity index (χ0) is 8.27. The highest BCUT2D eigenvalue weighted by atomic mass is 32.9. The lowest BCUT2D eigenvalue weighted by Crippen LogP contribution is -1.90. The highest BCUT2D eigenvalue weighted by Crippen LogP contribution is 2.38. The molecular weight excluding hydrogens is 202 g/mol. The van der Waals surface area contributed by atoms with Crippen LogP contribution in [0, 0.1) is 15.2 Å². The topological polar surface area (TPSA) is 53.2 Å². The van der Waals surface area contributed by atoms with E-state index in [2.05, 4.69) is 0 Å². The Balaban J connectivity index is 2.81. The van der Waals surface area contributed by atoms with Gasteiger partial charge in [-0.3, -0.25) is 0 Å². The number of hydrogen-bond donors (Lipinski definition) is 1. The van der Waals surface area contributed by atoms with Gasteiger partial charge in [-0.1, -0.05) is 22.6 Å². The van der Waals surface area contributed by atoms with Gasteiger partial charge in [-0.05, 0) is 10.3 Å². The van der Waals surface area contributed by atoms with Crippen molar-refractivity contribution in [3.8, 4) is 16.9 Å². The molecule has 0 amide bonds. The van der Waals surface area contributed by atoms with E-state index in [0.717, 1.165) is 0 Å². The van der Waals surface area contributed by atoms with Crippen molar-refractivity contribution in [1.82, 2.24) is 0 Å². The third kappa shape index (κ3) is 1.89. The van der Waals surface area contributed by atoms with Crippen LogP contribution in [0.25, 0.3) is 0 Å². The van der Waals surface area contributed by atoms with Crippen molar-refractivity contribution in [1.29, 1.82) is 5.26 Å². The summed E-state index contributed by atoms with van der Waals surface area (Å²) >= 11 is 4.74. The van der Waals surface area contributed by atoms with Gasteiger partial charge in [-0.25, -0.2) is 0 Å². The lowest BCUT2D eigenvalue weighted by atomic mass is 10.7. The van der Waals surface area contributed by atoms with Crippen LogP contribution in [0.4, 0.5) is 0 Å². The predicted molar refractivity (Wildman–Crippen MR) is 45.8 cm³/mol. The molecule has 0 fully saturated rings. The molecule has 1 N–H and O–H groups in total. The van der Waals surface area contributed by atoms with Crippen LogP contribution in [0.5, 0.6) is 10.8 Å². The highest BCUT2D eigenvalue weighted by molar-refractivity contribution is 7.80. The standard InChI is InChI=1S/C5H3NO2S3/c6-1-2-8-4-3(7)5(9)11-10-4/h7H,2H2. The van der Waals surface area contributed by atoms with Gasteiger partial charge < -0.3 is 9.84 Å². The van der Waals surface area contributed by atoms with E-state index in [4.69, 9.17) is 27.3 Å². The molecule has 0 spiro atoms. The van der Waals surface area contributed by atoms with E-state index in [1.54, 1.807) is 6.07 Å². The predicted octanol–water partition coefficient (Wildman–Crippen LogP) is 2.15. The normalized spacial score (nSPS) is 9.00. The maximum atomic E-state index is 9.15. The van der Waals surface area contributed by atoms with Crippen molar-refractivity contribution in [2.75, 3.05) is 6.61 Å². The van der Waals surface area contributed by atoms with Crippen molar-refractivity contribution in [2.24, 2.45) is 0 Å². The van der Waals surface area contributed by atoms with Gasteiger partial charge in [0, 0.05) is 0 Å². The fourth-order valence-electron chi connectivity index (χ4n) is 0.428. The Morgan fingerprint density at radius 2 is 2.36 bits per heavy atom. The Hall–Kier alpha value is -0.640. The lowest BCUT2D eigenvalue weighted by Gasteiger charge is -1.94. The average molecular weight is 205 g/mol. The molecule has 0 atom stereocenters. The molecule has 1 aromatic heterocycles. The molecule has 1 aromatic rings. The van der Waals surface area contributed by atoms with Crippen molar-refractivity contribution >= 4 is 32.9 Å². The van der Waals surface area contributed by atoms with Gasteiger partial charge in [-0.2, -0.15) is 5.26 Å². The van der Waals surface area contributed by atoms with Crippen molar-refractivity contribution < 1.29 is 9.84 Å². The fourth-order valence-corrected chi connectivity index (χ4v) is 2.64. The molecule has 58 valence electrons. The van der Waals surface area contributed by atoms with Crippen LogP contribution in [0.1, 0.15) is 0 Å². The number of nitrogens with zero attached hydrogens (tertiary/aromatic N) is 1. The summed E-state index contributed by atoms with van der Waals surface area (Å²) in [4.78, 5) is 0. The van der Waals surface area contributed by atoms with Gasteiger partial charge in [0.05, 0.1) is 0 Å². The quantitative estimate of drug-likeness (QED) is 0.593. The van der Waals surface area contributed by atoms with Crippen molar-refractivity contribution in [2.45, 2.75) is 0 Å². The number of rotatable bonds is 2. The van der Waals surface area contributed by atoms with E-state index in [-0.39, 0.29) is 12.4 Å². The summed E-state index contributed by atoms with van der Waals surface area (Å²) in [6.07, 6.45) is 0. The molecule has 0 aliphatic carbocycles. The minimum atomic E-state index is -0.0600. The average Bonchev–Trinajstić information content (AvgIpc) is 2.31. The zero-order valence-corrected chi connectivity index (χ0v) is 7.68. The molecule has 1 rings (SSSR count). The van der Waals surface area contributed by atoms with Gasteiger partial charge in [0.15, 0.2) is 12.4 Å². The molecule has 0 aliphatic rings. The maximum Gasteiger partial charge on any atom is 0.230 e. The molecule has 0 bridgehead atoms. The number of hydrogen-bond acceptors (Lipinski definition) is 6. The summed E-state index contributed by atoms with van der Waals surface area (Å²) in [5.74, 6) is -0.0229. The summed E-state index contributed by atoms with van der Waals surface area (Å²) < 4.78 is 5.26. The lowest BCUT2D eigenvalue weighted by molar-refractivity contribution is 0.351. The second-order valence-electron chi connectivity index (χ2n) is 1.54. The van der Waals surface area contributed by atoms with Crippen LogP contribution in [-0.2, 0) is 0 Å². The number of ether oxygens (including phenoxy) is 1. The van der Waals surface area contributed by atoms with Crippen LogP contribution in [0.15, 0.2) is 0 Å². The van der Waals surface area contributed by atoms with Gasteiger partial charge in [0.1, 0.15) is 9.89 Å². The molecule has 0 saturated carbocycles. The summed E-state index contributed by atoms with van der Waals surface area (Å²) in [5.41, 5.74) is 0. The molecular formula is C5H3NO2S3. The third-order valence-electron chi connectivity index (χ3n) is 0.848. The SMILES string of the molecule is N#CCOc1ssc(=S)c1O. The molecule has 0 aromatic carbocycles. The Labute approximate surface area is 75.5 Å². The van der Waals surface area contributed by atoms with E-state index in [0.29, 0.717) is 8.89 Å². The molecule has 0 radical (unpaired) electrons. The van der Waals surface area contributed by atoms with Gasteiger partial charge in [-0.15, -0.1) is 0 Å². The minimum absolute atomic E-state index is 0.0229. The first-order valence-corrected chi connectivity index (χ1v) is 5.13. The first kappa shape index (κ1) is 8.46. The van der Waals surface area contributed by atoms with Crippen LogP contribution in [-0.4, -0.2) is 11.7 Å². The van der Waals surface area contributed by atoms with Gasteiger partial charge >= 0.3 is 0 Å². The Morgan fingerprint density at radius 1 is 1.64 bits per heavy atom. The smallest absolute Gasteiger partial charge is 0.230 e. The van der Waals surface area contributed by atoms with Crippen molar-refractivity contribution in [3.05, 3.63) is 3.82 Å². The molecule has 3 nitrogen and oxygen atoms in total. The van der Waals surface area contributed by atoms with Crippen LogP contribution >= 0.6 is 32.9 Å². The van der Waals surface area contributed by atoms with E-state index >= 15 is 0 Å². The molecule has 1 heterocycles. The molecule has 0 saturated heterocycles. The monoisotopic (exact) mass is 205 g/mol. The summed E-state index contributed by atoms with van der Waals surface area (Å²) in [6.45, 7) is -0.0600. The largest absolute Gasteiger partial charge is 0.502 e. The Bertz CT molecular complexity index is 334. The maximum absolute atomic E-state index is 9.15. The van der Waals surface area contributed by atoms with E-state index in [1.165, 1.54) is 20.7 Å². The van der Waals surface area contributed by atoms with E-state index < -0.39 is 0 Å². The second-order valence-corrected chi connectivity index (χ2v) is 4.32. The fraction of sp³-hybridized carbons (Fsp3) is 0.200. The van der Waals surface area contributed by atoms with Gasteiger partial charge in [0.25, 0.3) is 0 Å². The van der Waals surface area contributed by atoms with Crippen molar-refractivity contribution in [3.63, 3.8) is 0 Å². The van der Waals surface area contributed by atoms with Crippen LogP contribution in [0.2, 0.25) is 0 Å². The van der Waals surface area contributed by atoms with Crippen LogP contribution < -0.4 is 4.74 Å². The Kier molecular flexibility index (Phi) is 2.82. The van der Waals surface area contributed by atoms with E-state index in [9.17, 15) is 0 Å². The molecule has 0 aliphatic heterocycles. The third-order valence-corrected chi connectivity index (χ3v) is 3.70. The molecule has 11 heavy (non-hydrogen) atoms. The summed E-state index contributed by atoms with van der Waals surface area (Å²) in [6, 6.07) is 1.80. The minimum Gasteiger partial charge on any atom is -0.502 e. The first-order valence-electron chi connectivity index (χ1n) is 2.57. The molecule has 0 unspecified atom stereocenters.